The van der Waals surface area contributed by atoms with Crippen molar-refractivity contribution < 1.29 is 24.2 Å². The van der Waals surface area contributed by atoms with Crippen LogP contribution < -0.4 is 14.4 Å². The zero-order valence-electron chi connectivity index (χ0n) is 20.8. The van der Waals surface area contributed by atoms with E-state index in [4.69, 9.17) is 21.1 Å². The van der Waals surface area contributed by atoms with Crippen molar-refractivity contribution in [1.29, 1.82) is 0 Å². The van der Waals surface area contributed by atoms with E-state index in [9.17, 15) is 14.7 Å². The summed E-state index contributed by atoms with van der Waals surface area (Å²) in [4.78, 5) is 32.9. The Morgan fingerprint density at radius 3 is 2.45 bits per heavy atom. The minimum absolute atomic E-state index is 0.0196. The summed E-state index contributed by atoms with van der Waals surface area (Å²) in [6, 6.07) is 18.2. The molecule has 1 aliphatic heterocycles. The number of carbonyl (C=O) groups is 2. The first-order valence-corrected chi connectivity index (χ1v) is 13.3. The number of Topliss-reactive ketones (excluding diaryl/α,β-unsaturated/α-hetero) is 1. The first-order chi connectivity index (χ1) is 18.4. The van der Waals surface area contributed by atoms with Crippen LogP contribution in [0.15, 0.2) is 72.3 Å². The predicted octanol–water partition coefficient (Wildman–Crippen LogP) is 6.76. The Balaban J connectivity index is 1.63. The average molecular weight is 549 g/mol. The van der Waals surface area contributed by atoms with Gasteiger partial charge in [0.2, 0.25) is 0 Å². The number of amides is 1. The molecule has 0 bridgehead atoms. The van der Waals surface area contributed by atoms with Gasteiger partial charge in [-0.3, -0.25) is 14.5 Å². The van der Waals surface area contributed by atoms with Crippen molar-refractivity contribution in [2.24, 2.45) is 0 Å². The van der Waals surface area contributed by atoms with Gasteiger partial charge in [-0.05, 0) is 66.6 Å². The van der Waals surface area contributed by atoms with E-state index in [1.54, 1.807) is 67.8 Å². The molecule has 1 amide bonds. The van der Waals surface area contributed by atoms with E-state index in [0.29, 0.717) is 44.9 Å². The van der Waals surface area contributed by atoms with Gasteiger partial charge in [0.05, 0.1) is 35.5 Å². The fraction of sp³-hybridized carbons (Fsp3) is 0.207. The molecule has 1 aliphatic rings. The number of rotatable bonds is 8. The first-order valence-electron chi connectivity index (χ1n) is 12.2. The van der Waals surface area contributed by atoms with E-state index in [1.165, 1.54) is 16.2 Å². The van der Waals surface area contributed by atoms with E-state index < -0.39 is 17.7 Å². The third-order valence-corrected chi connectivity index (χ3v) is 7.58. The molecular formula is C29H25ClN2O5S. The van der Waals surface area contributed by atoms with Crippen LogP contribution in [0.3, 0.4) is 0 Å². The molecule has 4 aromatic rings. The number of carbonyl (C=O) groups excluding carboxylic acids is 2. The monoisotopic (exact) mass is 548 g/mol. The molecule has 1 saturated heterocycles. The van der Waals surface area contributed by atoms with Gasteiger partial charge >= 0.3 is 5.91 Å². The number of aromatic nitrogens is 1. The topological polar surface area (TPSA) is 89.0 Å². The van der Waals surface area contributed by atoms with Crippen molar-refractivity contribution in [2.45, 2.75) is 25.8 Å². The van der Waals surface area contributed by atoms with Crippen LogP contribution in [-0.2, 0) is 9.59 Å². The minimum Gasteiger partial charge on any atom is -0.507 e. The number of aliphatic hydroxyl groups excluding tert-OH is 1. The van der Waals surface area contributed by atoms with E-state index >= 15 is 0 Å². The molecule has 2 heterocycles. The molecule has 0 spiro atoms. The maximum Gasteiger partial charge on any atom is 0.301 e. The van der Waals surface area contributed by atoms with E-state index in [-0.39, 0.29) is 11.3 Å². The Bertz CT molecular complexity index is 1530. The number of anilines is 1. The summed E-state index contributed by atoms with van der Waals surface area (Å²) in [5.74, 6) is -0.488. The molecule has 9 heteroatoms. The Morgan fingerprint density at radius 1 is 1.05 bits per heavy atom. The Hall–Kier alpha value is -3.88. The number of benzene rings is 3. The molecule has 1 N–H and O–H groups in total. The van der Waals surface area contributed by atoms with Crippen molar-refractivity contribution in [3.8, 4) is 11.5 Å². The molecule has 1 aromatic heterocycles. The lowest BCUT2D eigenvalue weighted by atomic mass is 9.95. The zero-order chi connectivity index (χ0) is 26.8. The van der Waals surface area contributed by atoms with Crippen molar-refractivity contribution in [2.75, 3.05) is 18.6 Å². The Labute approximate surface area is 228 Å². The van der Waals surface area contributed by atoms with Gasteiger partial charge in [-0.2, -0.15) is 0 Å². The van der Waals surface area contributed by atoms with Crippen LogP contribution in [0, 0.1) is 0 Å². The number of fused-ring (bicyclic) bond motifs is 1. The van der Waals surface area contributed by atoms with E-state index in [0.717, 1.165) is 17.5 Å². The van der Waals surface area contributed by atoms with Crippen LogP contribution in [0.25, 0.3) is 16.0 Å². The average Bonchev–Trinajstić information content (AvgIpc) is 3.46. The van der Waals surface area contributed by atoms with Crippen LogP contribution in [0.1, 0.15) is 36.9 Å². The summed E-state index contributed by atoms with van der Waals surface area (Å²) >= 11 is 7.29. The molecule has 0 saturated carbocycles. The van der Waals surface area contributed by atoms with Gasteiger partial charge in [0.15, 0.2) is 5.13 Å². The van der Waals surface area contributed by atoms with Crippen LogP contribution in [0.5, 0.6) is 11.5 Å². The van der Waals surface area contributed by atoms with Crippen LogP contribution in [0.2, 0.25) is 5.02 Å². The van der Waals surface area contributed by atoms with Gasteiger partial charge in [-0.15, -0.1) is 0 Å². The molecule has 3 aromatic carbocycles. The fourth-order valence-corrected chi connectivity index (χ4v) is 5.46. The smallest absolute Gasteiger partial charge is 0.301 e. The third kappa shape index (κ3) is 4.85. The van der Waals surface area contributed by atoms with Gasteiger partial charge in [-0.25, -0.2) is 4.98 Å². The number of halogens is 1. The van der Waals surface area contributed by atoms with Crippen molar-refractivity contribution >= 4 is 55.7 Å². The number of hydrogen-bond acceptors (Lipinski definition) is 7. The molecule has 38 heavy (non-hydrogen) atoms. The Kier molecular flexibility index (Phi) is 7.35. The lowest BCUT2D eigenvalue weighted by Crippen LogP contribution is -2.29. The maximum atomic E-state index is 13.5. The van der Waals surface area contributed by atoms with Gasteiger partial charge in [0.25, 0.3) is 5.78 Å². The van der Waals surface area contributed by atoms with Crippen LogP contribution in [-0.4, -0.2) is 35.5 Å². The highest BCUT2D eigenvalue weighted by atomic mass is 35.5. The van der Waals surface area contributed by atoms with Crippen LogP contribution >= 0.6 is 22.9 Å². The van der Waals surface area contributed by atoms with E-state index in [2.05, 4.69) is 11.9 Å². The largest absolute Gasteiger partial charge is 0.507 e. The van der Waals surface area contributed by atoms with Gasteiger partial charge in [0.1, 0.15) is 17.3 Å². The predicted molar refractivity (Wildman–Crippen MR) is 149 cm³/mol. The number of aliphatic hydroxyl groups is 1. The van der Waals surface area contributed by atoms with Crippen LogP contribution in [0.4, 0.5) is 5.13 Å². The minimum atomic E-state index is -0.891. The normalized spacial score (nSPS) is 16.8. The van der Waals surface area contributed by atoms with Crippen molar-refractivity contribution in [3.05, 3.63) is 88.5 Å². The maximum absolute atomic E-state index is 13.5. The van der Waals surface area contributed by atoms with Gasteiger partial charge in [-0.1, -0.05) is 48.4 Å². The number of unbranched alkanes of at least 4 members (excludes halogenated alkanes) is 1. The number of ether oxygens (including phenoxy) is 2. The number of hydrogen-bond donors (Lipinski definition) is 1. The summed E-state index contributed by atoms with van der Waals surface area (Å²) in [7, 11) is 1.58. The molecule has 7 nitrogen and oxygen atoms in total. The molecule has 1 atom stereocenters. The highest BCUT2D eigenvalue weighted by molar-refractivity contribution is 7.22. The highest BCUT2D eigenvalue weighted by Crippen LogP contribution is 2.45. The number of ketones is 1. The van der Waals surface area contributed by atoms with Crippen molar-refractivity contribution in [1.82, 2.24) is 4.98 Å². The number of thiazole rings is 1. The second kappa shape index (κ2) is 10.8. The molecule has 194 valence electrons. The molecule has 1 unspecified atom stereocenters. The van der Waals surface area contributed by atoms with Gasteiger partial charge < -0.3 is 14.6 Å². The third-order valence-electron chi connectivity index (χ3n) is 6.31. The number of methoxy groups -OCH3 is 1. The second-order valence-corrected chi connectivity index (χ2v) is 10.2. The summed E-state index contributed by atoms with van der Waals surface area (Å²) in [6.45, 7) is 2.69. The second-order valence-electron chi connectivity index (χ2n) is 8.78. The van der Waals surface area contributed by atoms with Crippen molar-refractivity contribution in [3.63, 3.8) is 0 Å². The Morgan fingerprint density at radius 2 is 1.76 bits per heavy atom. The number of nitrogens with zero attached hydrogens (tertiary/aromatic N) is 2. The molecule has 1 fully saturated rings. The quantitative estimate of drug-likeness (QED) is 0.113. The summed E-state index contributed by atoms with van der Waals surface area (Å²) < 4.78 is 11.9. The molecule has 0 radical (unpaired) electrons. The lowest BCUT2D eigenvalue weighted by molar-refractivity contribution is -0.132. The summed E-state index contributed by atoms with van der Waals surface area (Å²) in [5, 5.41) is 12.1. The zero-order valence-corrected chi connectivity index (χ0v) is 22.4. The standard InChI is InChI=1S/C29H25ClN2O5S/c1-3-4-15-37-20-11-7-17(8-12-20)25-24(26(33)18-5-9-19(30)10-6-18)27(34)28(35)32(25)29-31-22-14-13-21(36-2)16-23(22)38-29/h5-14,16,25,33H,3-4,15H2,1-2H3/b26-24+. The molecular weight excluding hydrogens is 524 g/mol. The summed E-state index contributed by atoms with van der Waals surface area (Å²) in [6.07, 6.45) is 1.96. The molecule has 5 rings (SSSR count). The molecule has 0 aliphatic carbocycles. The van der Waals surface area contributed by atoms with Gasteiger partial charge in [0, 0.05) is 10.6 Å². The first kappa shape index (κ1) is 25.8. The lowest BCUT2D eigenvalue weighted by Gasteiger charge is -2.23. The highest BCUT2D eigenvalue weighted by Gasteiger charge is 2.48. The fourth-order valence-electron chi connectivity index (χ4n) is 4.31. The summed E-state index contributed by atoms with van der Waals surface area (Å²) in [5.41, 5.74) is 1.67. The van der Waals surface area contributed by atoms with E-state index in [1.807, 2.05) is 6.07 Å². The SMILES string of the molecule is CCCCOc1ccc(C2/C(=C(\O)c3ccc(Cl)cc3)C(=O)C(=O)N2c2nc3ccc(OC)cc3s2)cc1.